The molecule has 0 aliphatic heterocycles. The van der Waals surface area contributed by atoms with E-state index < -0.39 is 15.1 Å². The van der Waals surface area contributed by atoms with Gasteiger partial charge in [0.25, 0.3) is 0 Å². The third kappa shape index (κ3) is 3.73. The molecule has 0 atom stereocenters. The Morgan fingerprint density at radius 3 is 2.00 bits per heavy atom. The molecule has 2 aromatic rings. The molecule has 0 aliphatic carbocycles. The van der Waals surface area contributed by atoms with Crippen LogP contribution in [0.5, 0.6) is 11.6 Å². The molecule has 0 saturated heterocycles. The van der Waals surface area contributed by atoms with Gasteiger partial charge in [0.15, 0.2) is 0 Å². The van der Waals surface area contributed by atoms with E-state index in [0.717, 1.165) is 12.1 Å². The highest BCUT2D eigenvalue weighted by molar-refractivity contribution is 8.45. The van der Waals surface area contributed by atoms with E-state index >= 15 is 0 Å². The lowest BCUT2D eigenvalue weighted by molar-refractivity contribution is 0.363. The summed E-state index contributed by atoms with van der Waals surface area (Å²) < 4.78 is 67.5. The molecule has 9 heteroatoms. The fourth-order valence-corrected chi connectivity index (χ4v) is 2.14. The van der Waals surface area contributed by atoms with Crippen LogP contribution in [0.25, 0.3) is 0 Å². The van der Waals surface area contributed by atoms with Crippen molar-refractivity contribution in [2.24, 2.45) is 0 Å². The highest BCUT2D eigenvalue weighted by Crippen LogP contribution is 3.02. The third-order valence-electron chi connectivity index (χ3n) is 2.18. The lowest BCUT2D eigenvalue weighted by atomic mass is 10.3. The Kier molecular flexibility index (Phi) is 2.96. The van der Waals surface area contributed by atoms with Crippen LogP contribution < -0.4 is 4.74 Å². The number of pyridine rings is 1. The van der Waals surface area contributed by atoms with Crippen LogP contribution in [0.3, 0.4) is 0 Å². The summed E-state index contributed by atoms with van der Waals surface area (Å²) in [6.07, 6.45) is 0. The van der Waals surface area contributed by atoms with Crippen LogP contribution in [0.2, 0.25) is 5.15 Å². The number of benzene rings is 1. The van der Waals surface area contributed by atoms with Gasteiger partial charge in [0, 0.05) is 6.07 Å². The van der Waals surface area contributed by atoms with Crippen molar-refractivity contribution < 1.29 is 24.2 Å². The van der Waals surface area contributed by atoms with Gasteiger partial charge in [-0.25, -0.2) is 4.98 Å². The molecule has 0 amide bonds. The normalized spacial score (nSPS) is 15.3. The van der Waals surface area contributed by atoms with Crippen molar-refractivity contribution in [2.75, 3.05) is 0 Å². The third-order valence-corrected chi connectivity index (χ3v) is 3.55. The van der Waals surface area contributed by atoms with Crippen molar-refractivity contribution in [1.29, 1.82) is 0 Å². The van der Waals surface area contributed by atoms with Crippen LogP contribution in [0.4, 0.5) is 19.4 Å². The van der Waals surface area contributed by atoms with Gasteiger partial charge in [-0.05, 0) is 30.3 Å². The van der Waals surface area contributed by atoms with Crippen molar-refractivity contribution in [3.05, 3.63) is 47.6 Å². The largest absolute Gasteiger partial charge is 0.439 e. The van der Waals surface area contributed by atoms with Crippen molar-refractivity contribution >= 4 is 21.8 Å². The fourth-order valence-electron chi connectivity index (χ4n) is 1.33. The molecule has 1 aromatic carbocycles. The molecule has 0 spiro atoms. The molecular weight excluding hydrogens is 325 g/mol. The van der Waals surface area contributed by atoms with E-state index in [0.29, 0.717) is 0 Å². The number of ether oxygens (including phenoxy) is 1. The zero-order valence-corrected chi connectivity index (χ0v) is 11.1. The first-order valence-corrected chi connectivity index (χ1v) is 7.41. The molecule has 0 unspecified atom stereocenters. The van der Waals surface area contributed by atoms with E-state index in [1.807, 2.05) is 0 Å². The average molecular weight is 332 g/mol. The summed E-state index contributed by atoms with van der Waals surface area (Å²) in [5.74, 6) is -0.0250. The Bertz CT molecular complexity index is 644. The summed E-state index contributed by atoms with van der Waals surface area (Å²) >= 11 is 5.60. The second kappa shape index (κ2) is 3.98. The van der Waals surface area contributed by atoms with Crippen molar-refractivity contribution in [1.82, 2.24) is 4.98 Å². The molecule has 1 heterocycles. The summed E-state index contributed by atoms with van der Waals surface area (Å²) in [5, 5.41) is 0.131. The Labute approximate surface area is 115 Å². The molecule has 110 valence electrons. The minimum atomic E-state index is -9.65. The predicted molar refractivity (Wildman–Crippen MR) is 67.2 cm³/mol. The first-order chi connectivity index (χ1) is 8.94. The highest BCUT2D eigenvalue weighted by Gasteiger charge is 2.65. The second-order valence-electron chi connectivity index (χ2n) is 3.84. The molecule has 0 saturated carbocycles. The van der Waals surface area contributed by atoms with Crippen molar-refractivity contribution in [2.45, 2.75) is 4.90 Å². The van der Waals surface area contributed by atoms with Gasteiger partial charge >= 0.3 is 10.2 Å². The Hall–Kier alpha value is -1.54. The smallest absolute Gasteiger partial charge is 0.310 e. The van der Waals surface area contributed by atoms with Crippen LogP contribution in [0.1, 0.15) is 0 Å². The monoisotopic (exact) mass is 331 g/mol. The Balaban J connectivity index is 2.26. The van der Waals surface area contributed by atoms with Crippen LogP contribution >= 0.6 is 21.8 Å². The lowest BCUT2D eigenvalue weighted by Crippen LogP contribution is -2.05. The molecule has 0 N–H and O–H groups in total. The van der Waals surface area contributed by atoms with Gasteiger partial charge in [-0.2, -0.15) is 0 Å². The molecule has 0 radical (unpaired) electrons. The second-order valence-corrected chi connectivity index (χ2v) is 6.64. The van der Waals surface area contributed by atoms with Crippen LogP contribution in [-0.4, -0.2) is 4.98 Å². The molecule has 1 aromatic heterocycles. The topological polar surface area (TPSA) is 22.1 Å². The average Bonchev–Trinajstić information content (AvgIpc) is 2.26. The predicted octanol–water partition coefficient (Wildman–Crippen LogP) is 6.18. The number of rotatable bonds is 3. The van der Waals surface area contributed by atoms with Gasteiger partial charge in [-0.3, -0.25) is 0 Å². The maximum Gasteiger partial charge on any atom is 0.310 e. The van der Waals surface area contributed by atoms with E-state index in [9.17, 15) is 19.4 Å². The molecule has 20 heavy (non-hydrogen) atoms. The number of nitrogens with zero attached hydrogens (tertiary/aromatic N) is 1. The standard InChI is InChI=1S/C11H7ClF5NOS/c12-10-2-1-3-11(18-10)19-8-4-6-9(7-5-8)20(13,14,15,16)17/h1-7H. The van der Waals surface area contributed by atoms with Gasteiger partial charge in [0.2, 0.25) is 5.88 Å². The first kappa shape index (κ1) is 14.9. The summed E-state index contributed by atoms with van der Waals surface area (Å²) in [4.78, 5) is 1.77. The molecule has 2 nitrogen and oxygen atoms in total. The number of aromatic nitrogens is 1. The Morgan fingerprint density at radius 2 is 1.50 bits per heavy atom. The summed E-state index contributed by atoms with van der Waals surface area (Å²) in [6, 6.07) is 6.53. The quantitative estimate of drug-likeness (QED) is 0.494. The van der Waals surface area contributed by atoms with E-state index in [4.69, 9.17) is 16.3 Å². The van der Waals surface area contributed by atoms with Gasteiger partial charge in [-0.1, -0.05) is 37.1 Å². The zero-order chi connectivity index (χ0) is 15.1. The summed E-state index contributed by atoms with van der Waals surface area (Å²) in [7, 11) is -9.65. The molecule has 0 aliphatic rings. The van der Waals surface area contributed by atoms with Gasteiger partial charge < -0.3 is 4.74 Å². The van der Waals surface area contributed by atoms with E-state index in [1.54, 1.807) is 0 Å². The summed E-state index contributed by atoms with van der Waals surface area (Å²) in [6.45, 7) is 0. The maximum absolute atomic E-state index is 12.5. The van der Waals surface area contributed by atoms with Crippen LogP contribution in [0.15, 0.2) is 47.4 Å². The van der Waals surface area contributed by atoms with E-state index in [-0.39, 0.29) is 28.9 Å². The molecule has 2 rings (SSSR count). The van der Waals surface area contributed by atoms with Gasteiger partial charge in [0.05, 0.1) is 0 Å². The first-order valence-electron chi connectivity index (χ1n) is 5.09. The lowest BCUT2D eigenvalue weighted by Gasteiger charge is -2.40. The van der Waals surface area contributed by atoms with Crippen LogP contribution in [0, 0.1) is 0 Å². The minimum Gasteiger partial charge on any atom is -0.439 e. The number of hydrogen-bond acceptors (Lipinski definition) is 2. The van der Waals surface area contributed by atoms with E-state index in [1.165, 1.54) is 18.2 Å². The highest BCUT2D eigenvalue weighted by atomic mass is 35.5. The minimum absolute atomic E-state index is 0.0394. The van der Waals surface area contributed by atoms with Crippen molar-refractivity contribution in [3.63, 3.8) is 0 Å². The van der Waals surface area contributed by atoms with E-state index in [2.05, 4.69) is 4.98 Å². The zero-order valence-electron chi connectivity index (χ0n) is 9.57. The maximum atomic E-state index is 12.5. The van der Waals surface area contributed by atoms with Gasteiger partial charge in [0.1, 0.15) is 15.8 Å². The number of halogens is 6. The fraction of sp³-hybridized carbons (Fsp3) is 0. The summed E-state index contributed by atoms with van der Waals surface area (Å²) in [5.41, 5.74) is 0. The molecule has 0 fully saturated rings. The Morgan fingerprint density at radius 1 is 0.900 bits per heavy atom. The molecular formula is C11H7ClF5NOS. The number of hydrogen-bond donors (Lipinski definition) is 0. The SMILES string of the molecule is FS(F)(F)(F)(F)c1ccc(Oc2cccc(Cl)n2)cc1. The van der Waals surface area contributed by atoms with Crippen molar-refractivity contribution in [3.8, 4) is 11.6 Å². The van der Waals surface area contributed by atoms with Gasteiger partial charge in [-0.15, -0.1) is 0 Å². The van der Waals surface area contributed by atoms with Crippen LogP contribution in [-0.2, 0) is 0 Å². The molecule has 0 bridgehead atoms.